The fourth-order valence-electron chi connectivity index (χ4n) is 14.5. The van der Waals surface area contributed by atoms with Gasteiger partial charge in [-0.15, -0.1) is 0 Å². The van der Waals surface area contributed by atoms with Gasteiger partial charge in [-0.2, -0.15) is 15.3 Å². The summed E-state index contributed by atoms with van der Waals surface area (Å²) in [7, 11) is 0. The second-order valence-electron chi connectivity index (χ2n) is 27.3. The van der Waals surface area contributed by atoms with Gasteiger partial charge in [-0.1, -0.05) is 18.5 Å². The molecule has 21 nitrogen and oxygen atoms in total. The zero-order valence-corrected chi connectivity index (χ0v) is 52.4. The van der Waals surface area contributed by atoms with E-state index in [4.69, 9.17) is 36.4 Å². The first kappa shape index (κ1) is 57.4. The first-order chi connectivity index (χ1) is 42.2. The van der Waals surface area contributed by atoms with Crippen molar-refractivity contribution in [3.63, 3.8) is 0 Å². The zero-order chi connectivity index (χ0) is 60.9. The van der Waals surface area contributed by atoms with Crippen LogP contribution in [0.15, 0.2) is 85.7 Å². The second-order valence-corrected chi connectivity index (χ2v) is 27.6. The number of aryl methyl sites for hydroxylation is 5. The van der Waals surface area contributed by atoms with Crippen LogP contribution in [-0.2, 0) is 58.3 Å². The molecule has 6 aliphatic rings. The fraction of sp³-hybridized carbons (Fsp3) is 0.470. The fourth-order valence-corrected chi connectivity index (χ4v) is 14.8. The molecule has 0 bridgehead atoms. The molecule has 10 aromatic rings. The lowest BCUT2D eigenvalue weighted by molar-refractivity contribution is 0.0153. The monoisotopic (exact) mass is 1210 g/mol. The number of hydrogen-bond acceptors (Lipinski definition) is 12. The zero-order valence-electron chi connectivity index (χ0n) is 51.6. The minimum absolute atomic E-state index is 0.103. The molecule has 3 saturated heterocycles. The number of H-pyrrole nitrogens is 4. The van der Waals surface area contributed by atoms with Gasteiger partial charge in [0.05, 0.1) is 23.6 Å². The number of pyridine rings is 3. The molecule has 4 N–H and O–H groups in total. The van der Waals surface area contributed by atoms with E-state index in [-0.39, 0.29) is 28.4 Å². The smallest absolute Gasteiger partial charge is 0.410 e. The SMILES string of the molecule is CC(C)(C)OC(=O)N1CCC2(CC1)CCn1nc(-c3cnc4[nH]ccc4c3)cc12.CCc1c(Cl)[nH]c2ncc(-c3cc4n(n3)CCC43CN(Cc4ncc[nH]4)C3)cc12.Cc1cc2cc(-c3cc4n(n3)CCC43CCN(C(=O)OC(C)(C)C)CC3)cnc2[nH]1. The highest BCUT2D eigenvalue weighted by Crippen LogP contribution is 2.48. The quantitative estimate of drug-likeness (QED) is 0.122. The summed E-state index contributed by atoms with van der Waals surface area (Å²) in [6, 6.07) is 17.3. The number of rotatable bonds is 6. The molecule has 6 aliphatic heterocycles. The van der Waals surface area contributed by atoms with Crippen LogP contribution in [0, 0.1) is 6.92 Å². The van der Waals surface area contributed by atoms with Gasteiger partial charge in [-0.05, 0) is 154 Å². The number of carbonyl (C=O) groups excluding carboxylic acids is 2. The molecule has 88 heavy (non-hydrogen) atoms. The number of carbonyl (C=O) groups is 2. The molecule has 16 heterocycles. The highest BCUT2D eigenvalue weighted by molar-refractivity contribution is 6.31. The van der Waals surface area contributed by atoms with Gasteiger partial charge in [0, 0.05) is 168 Å². The van der Waals surface area contributed by atoms with Crippen LogP contribution in [-0.4, -0.2) is 147 Å². The summed E-state index contributed by atoms with van der Waals surface area (Å²) in [6.07, 6.45) is 18.9. The molecule has 10 aromatic heterocycles. The number of aromatic nitrogens is 14. The number of nitrogens with one attached hydrogen (secondary N) is 4. The first-order valence-electron chi connectivity index (χ1n) is 31.2. The average molecular weight is 1210 g/mol. The molecular formula is C66H78ClN17O4. The van der Waals surface area contributed by atoms with Crippen LogP contribution in [0.1, 0.15) is 128 Å². The number of hydrogen-bond donors (Lipinski definition) is 4. The van der Waals surface area contributed by atoms with Crippen LogP contribution in [0.2, 0.25) is 5.15 Å². The van der Waals surface area contributed by atoms with Crippen molar-refractivity contribution in [1.82, 2.24) is 83.9 Å². The molecule has 458 valence electrons. The molecule has 0 atom stereocenters. The van der Waals surface area contributed by atoms with Gasteiger partial charge in [0.25, 0.3) is 0 Å². The van der Waals surface area contributed by atoms with E-state index in [0.29, 0.717) is 5.15 Å². The maximum Gasteiger partial charge on any atom is 0.410 e. The largest absolute Gasteiger partial charge is 0.444 e. The standard InChI is InChI=1S/C23H29N5O2.C22H27N5O2.C21H22ClN7/c1-15-11-16-12-17(14-24-20(16)25-15)18-13-19-23(7-10-28(19)26-18)5-8-27(9-6-23)21(29)30-22(2,3)4;1-21(2,3)29-20(28)26-9-5-22(6-10-26)7-11-27-18(22)13-17(25-27)16-12-15-4-8-23-19(15)24-14-16;1-2-14-15-7-13(9-25-20(15)26-19(14)22)16-8-17-21(3-6-29(17)27-16)11-28(12-21)10-18-23-4-5-24-18/h11-14H,5-10H2,1-4H3,(H,24,25);4,8,12-14H,5-7,9-11H2,1-3H3,(H,23,24);4-5,7-9H,2-3,6,10-12H2,1H3,(H,23,24)(H,25,26). The molecule has 0 radical (unpaired) electrons. The molecule has 16 rings (SSSR count). The topological polar surface area (TPSA) is 230 Å². The van der Waals surface area contributed by atoms with E-state index in [1.165, 1.54) is 17.1 Å². The Morgan fingerprint density at radius 3 is 1.58 bits per heavy atom. The van der Waals surface area contributed by atoms with Crippen LogP contribution in [0.5, 0.6) is 0 Å². The van der Waals surface area contributed by atoms with E-state index in [9.17, 15) is 9.59 Å². The lowest BCUT2D eigenvalue weighted by Gasteiger charge is -2.47. The summed E-state index contributed by atoms with van der Waals surface area (Å²) in [5.74, 6) is 1.03. The molecule has 0 aromatic carbocycles. The summed E-state index contributed by atoms with van der Waals surface area (Å²) in [5, 5.41) is 18.6. The van der Waals surface area contributed by atoms with Crippen molar-refractivity contribution >= 4 is 56.9 Å². The molecule has 3 fully saturated rings. The van der Waals surface area contributed by atoms with Crippen molar-refractivity contribution in [2.45, 2.75) is 160 Å². The van der Waals surface area contributed by atoms with Gasteiger partial charge in [-0.3, -0.25) is 18.9 Å². The van der Waals surface area contributed by atoms with Crippen LogP contribution in [0.3, 0.4) is 0 Å². The average Bonchev–Trinajstić information content (AvgIpc) is 1.77. The number of aromatic amines is 4. The molecule has 3 spiro atoms. The third-order valence-corrected chi connectivity index (χ3v) is 19.4. The molecule has 0 unspecified atom stereocenters. The van der Waals surface area contributed by atoms with Gasteiger partial charge >= 0.3 is 12.2 Å². The lowest BCUT2D eigenvalue weighted by atomic mass is 9.75. The molecule has 2 amide bonds. The van der Waals surface area contributed by atoms with Crippen molar-refractivity contribution in [3.05, 3.63) is 125 Å². The number of ether oxygens (including phenoxy) is 2. The van der Waals surface area contributed by atoms with E-state index in [1.807, 2.05) is 102 Å². The predicted molar refractivity (Wildman–Crippen MR) is 338 cm³/mol. The summed E-state index contributed by atoms with van der Waals surface area (Å²) in [4.78, 5) is 61.8. The maximum atomic E-state index is 12.4. The third kappa shape index (κ3) is 10.8. The highest BCUT2D eigenvalue weighted by atomic mass is 35.5. The van der Waals surface area contributed by atoms with Crippen molar-refractivity contribution in [2.24, 2.45) is 0 Å². The lowest BCUT2D eigenvalue weighted by Crippen LogP contribution is -2.57. The minimum atomic E-state index is -0.458. The van der Waals surface area contributed by atoms with Crippen molar-refractivity contribution in [3.8, 4) is 33.8 Å². The van der Waals surface area contributed by atoms with E-state index in [2.05, 4.69) is 108 Å². The summed E-state index contributed by atoms with van der Waals surface area (Å²) in [5.41, 5.74) is 14.4. The Bertz CT molecular complexity index is 4240. The van der Waals surface area contributed by atoms with Gasteiger partial charge in [-0.25, -0.2) is 29.5 Å². The Morgan fingerprint density at radius 2 is 1.06 bits per heavy atom. The number of halogens is 1. The Morgan fingerprint density at radius 1 is 0.568 bits per heavy atom. The van der Waals surface area contributed by atoms with Gasteiger partial charge in [0.1, 0.15) is 39.1 Å². The van der Waals surface area contributed by atoms with Gasteiger partial charge < -0.3 is 39.2 Å². The van der Waals surface area contributed by atoms with Crippen LogP contribution >= 0.6 is 11.6 Å². The Hall–Kier alpha value is -8.30. The molecule has 0 aliphatic carbocycles. The molecular weight excluding hydrogens is 1130 g/mol. The van der Waals surface area contributed by atoms with Crippen LogP contribution in [0.25, 0.3) is 66.9 Å². The predicted octanol–water partition coefficient (Wildman–Crippen LogP) is 12.0. The Kier molecular flexibility index (Phi) is 14.2. The van der Waals surface area contributed by atoms with E-state index in [0.717, 1.165) is 201 Å². The summed E-state index contributed by atoms with van der Waals surface area (Å²) >= 11 is 6.33. The van der Waals surface area contributed by atoms with Crippen molar-refractivity contribution < 1.29 is 19.1 Å². The van der Waals surface area contributed by atoms with Crippen LogP contribution in [0.4, 0.5) is 9.59 Å². The number of imidazole rings is 1. The summed E-state index contributed by atoms with van der Waals surface area (Å²) in [6.45, 7) is 24.4. The van der Waals surface area contributed by atoms with E-state index >= 15 is 0 Å². The van der Waals surface area contributed by atoms with Gasteiger partial charge in [0.15, 0.2) is 0 Å². The van der Waals surface area contributed by atoms with Crippen molar-refractivity contribution in [1.29, 1.82) is 0 Å². The number of likely N-dealkylation sites (tertiary alicyclic amines) is 3. The Balaban J connectivity index is 0.000000116. The Labute approximate surface area is 516 Å². The third-order valence-electron chi connectivity index (χ3n) is 19.1. The first-order valence-corrected chi connectivity index (χ1v) is 31.6. The number of nitrogens with zero attached hydrogens (tertiary/aromatic N) is 13. The number of piperidine rings is 2. The second kappa shape index (κ2) is 21.8. The number of fused-ring (bicyclic) bond motifs is 9. The molecule has 22 heteroatoms. The van der Waals surface area contributed by atoms with Gasteiger partial charge in [0.2, 0.25) is 0 Å². The highest BCUT2D eigenvalue weighted by Gasteiger charge is 2.50. The maximum absolute atomic E-state index is 12.4. The van der Waals surface area contributed by atoms with E-state index < -0.39 is 11.2 Å². The summed E-state index contributed by atoms with van der Waals surface area (Å²) < 4.78 is 17.6. The van der Waals surface area contributed by atoms with E-state index in [1.54, 1.807) is 0 Å². The number of amides is 2. The normalized spacial score (nSPS) is 18.1. The van der Waals surface area contributed by atoms with Crippen LogP contribution < -0.4 is 0 Å². The van der Waals surface area contributed by atoms with Crippen molar-refractivity contribution in [2.75, 3.05) is 39.3 Å². The minimum Gasteiger partial charge on any atom is -0.444 e. The molecule has 0 saturated carbocycles.